The fourth-order valence-electron chi connectivity index (χ4n) is 2.50. The van der Waals surface area contributed by atoms with Gasteiger partial charge in [0.1, 0.15) is 24.9 Å². The average molecular weight is 355 g/mol. The van der Waals surface area contributed by atoms with Gasteiger partial charge >= 0.3 is 0 Å². The maximum atomic E-state index is 13.7. The predicted molar refractivity (Wildman–Crippen MR) is 85.8 cm³/mol. The van der Waals surface area contributed by atoms with Crippen molar-refractivity contribution in [3.05, 3.63) is 65.3 Å². The van der Waals surface area contributed by atoms with Crippen LogP contribution in [0.25, 0.3) is 11.1 Å². The number of benzene rings is 2. The van der Waals surface area contributed by atoms with Gasteiger partial charge in [-0.25, -0.2) is 17.6 Å². The molecule has 1 heterocycles. The number of quaternary nitrogens is 1. The summed E-state index contributed by atoms with van der Waals surface area (Å²) in [4.78, 5) is 0. The molecule has 7 heteroatoms. The number of rotatable bonds is 3. The summed E-state index contributed by atoms with van der Waals surface area (Å²) in [6.45, 7) is 0. The summed E-state index contributed by atoms with van der Waals surface area (Å²) in [7, 11) is 1.56. The monoisotopic (exact) mass is 354 g/mol. The number of hydrogen-bond acceptors (Lipinski definition) is 1. The molecular formula is C17H11ClF4N2+. The molecule has 0 saturated carbocycles. The fraction of sp³-hybridized carbons (Fsp3) is 0.118. The van der Waals surface area contributed by atoms with E-state index in [9.17, 15) is 17.6 Å². The van der Waals surface area contributed by atoms with E-state index in [1.54, 1.807) is 7.05 Å². The molecule has 2 aromatic carbocycles. The van der Waals surface area contributed by atoms with Gasteiger partial charge in [-0.3, -0.25) is 0 Å². The zero-order valence-electron chi connectivity index (χ0n) is 12.4. The van der Waals surface area contributed by atoms with E-state index in [-0.39, 0.29) is 9.61 Å². The second kappa shape index (κ2) is 6.03. The Labute approximate surface area is 140 Å². The smallest absolute Gasteiger partial charge is 0.207 e. The molecule has 1 aliphatic rings. The third-order valence-electron chi connectivity index (χ3n) is 3.66. The molecule has 24 heavy (non-hydrogen) atoms. The molecule has 0 N–H and O–H groups in total. The molecule has 0 bridgehead atoms. The first kappa shape index (κ1) is 16.7. The second-order valence-corrected chi connectivity index (χ2v) is 5.78. The molecule has 1 aliphatic heterocycles. The molecule has 0 fully saturated rings. The van der Waals surface area contributed by atoms with E-state index >= 15 is 0 Å². The molecule has 2 nitrogen and oxygen atoms in total. The highest BCUT2D eigenvalue weighted by Crippen LogP contribution is 2.38. The summed E-state index contributed by atoms with van der Waals surface area (Å²) in [6, 6.07) is 7.82. The van der Waals surface area contributed by atoms with Crippen molar-refractivity contribution in [1.29, 1.82) is 0 Å². The number of alkyl halides is 2. The van der Waals surface area contributed by atoms with Gasteiger partial charge in [0, 0.05) is 11.6 Å². The summed E-state index contributed by atoms with van der Waals surface area (Å²) in [5, 5.41) is 3.83. The largest absolute Gasteiger partial charge is 0.286 e. The number of halogens is 5. The average Bonchev–Trinajstić information content (AvgIpc) is 2.93. The van der Waals surface area contributed by atoms with Gasteiger partial charge in [-0.05, 0) is 29.8 Å². The lowest BCUT2D eigenvalue weighted by molar-refractivity contribution is 0.225. The van der Waals surface area contributed by atoms with Crippen LogP contribution in [-0.2, 0) is 0 Å². The highest BCUT2D eigenvalue weighted by atomic mass is 35.5. The van der Waals surface area contributed by atoms with Gasteiger partial charge in [0.15, 0.2) is 11.4 Å². The molecule has 0 spiro atoms. The van der Waals surface area contributed by atoms with E-state index in [2.05, 4.69) is 11.2 Å². The Morgan fingerprint density at radius 1 is 1.12 bits per heavy atom. The lowest BCUT2D eigenvalue weighted by Gasteiger charge is -2.23. The molecule has 3 rings (SSSR count). The lowest BCUT2D eigenvalue weighted by atomic mass is 10.0. The molecule has 0 saturated heterocycles. The molecule has 1 radical (unpaired) electrons. The second-order valence-electron chi connectivity index (χ2n) is 5.38. The zero-order chi connectivity index (χ0) is 17.5. The van der Waals surface area contributed by atoms with Gasteiger partial charge in [0.2, 0.25) is 0 Å². The quantitative estimate of drug-likeness (QED) is 0.532. The molecule has 0 amide bonds. The minimum absolute atomic E-state index is 0.120. The summed E-state index contributed by atoms with van der Waals surface area (Å²) < 4.78 is 52.4. The van der Waals surface area contributed by atoms with Crippen molar-refractivity contribution in [2.75, 3.05) is 7.05 Å². The van der Waals surface area contributed by atoms with E-state index in [1.807, 2.05) is 0 Å². The Kier molecular flexibility index (Phi) is 4.19. The van der Waals surface area contributed by atoms with Crippen molar-refractivity contribution >= 4 is 23.0 Å². The Morgan fingerprint density at radius 2 is 1.88 bits per heavy atom. The van der Waals surface area contributed by atoms with Gasteiger partial charge in [0.25, 0.3) is 6.43 Å². The van der Waals surface area contributed by atoms with Crippen LogP contribution in [0.5, 0.6) is 0 Å². The number of hydrogen-bond donors (Lipinski definition) is 0. The SMILES string of the molecule is C[N+]1(c2ccc(F)cc2-c2ccc(F)c(Cl)c2)C=[C]C(C(F)F)=N1. The van der Waals surface area contributed by atoms with E-state index < -0.39 is 23.8 Å². The van der Waals surface area contributed by atoms with Crippen LogP contribution in [0.3, 0.4) is 0 Å². The van der Waals surface area contributed by atoms with Crippen molar-refractivity contribution in [2.45, 2.75) is 6.43 Å². The maximum Gasteiger partial charge on any atom is 0.286 e. The van der Waals surface area contributed by atoms with Crippen LogP contribution in [0.15, 0.2) is 47.7 Å². The van der Waals surface area contributed by atoms with Crippen molar-refractivity contribution in [3.63, 3.8) is 0 Å². The zero-order valence-corrected chi connectivity index (χ0v) is 13.2. The van der Waals surface area contributed by atoms with Gasteiger partial charge in [0.05, 0.1) is 11.1 Å². The Balaban J connectivity index is 2.17. The van der Waals surface area contributed by atoms with Crippen LogP contribution in [0.1, 0.15) is 0 Å². The highest BCUT2D eigenvalue weighted by molar-refractivity contribution is 6.31. The summed E-state index contributed by atoms with van der Waals surface area (Å²) in [5.41, 5.74) is 0.771. The third-order valence-corrected chi connectivity index (χ3v) is 3.95. The van der Waals surface area contributed by atoms with Crippen molar-refractivity contribution < 1.29 is 17.6 Å². The molecular weight excluding hydrogens is 344 g/mol. The minimum Gasteiger partial charge on any atom is -0.207 e. The summed E-state index contributed by atoms with van der Waals surface area (Å²) in [5.74, 6) is -1.13. The lowest BCUT2D eigenvalue weighted by Crippen LogP contribution is -2.31. The number of nitrogens with zero attached hydrogens (tertiary/aromatic N) is 2. The summed E-state index contributed by atoms with van der Waals surface area (Å²) in [6.07, 6.45) is 1.02. The topological polar surface area (TPSA) is 12.4 Å². The normalized spacial score (nSPS) is 19.9. The van der Waals surface area contributed by atoms with Crippen LogP contribution in [0.2, 0.25) is 5.02 Å². The van der Waals surface area contributed by atoms with E-state index in [0.717, 1.165) is 6.07 Å². The molecule has 1 unspecified atom stereocenters. The Morgan fingerprint density at radius 3 is 2.50 bits per heavy atom. The van der Waals surface area contributed by atoms with Gasteiger partial charge in [-0.15, -0.1) is 4.59 Å². The number of allylic oxidation sites excluding steroid dienone is 1. The summed E-state index contributed by atoms with van der Waals surface area (Å²) >= 11 is 5.79. The van der Waals surface area contributed by atoms with Crippen molar-refractivity contribution in [2.24, 2.45) is 5.10 Å². The molecule has 0 aromatic heterocycles. The van der Waals surface area contributed by atoms with E-state index in [4.69, 9.17) is 11.6 Å². The van der Waals surface area contributed by atoms with Crippen LogP contribution in [-0.4, -0.2) is 19.2 Å². The third kappa shape index (κ3) is 2.95. The van der Waals surface area contributed by atoms with Crippen molar-refractivity contribution in [1.82, 2.24) is 4.59 Å². The first-order valence-electron chi connectivity index (χ1n) is 6.91. The van der Waals surface area contributed by atoms with E-state index in [0.29, 0.717) is 16.8 Å². The van der Waals surface area contributed by atoms with Crippen LogP contribution >= 0.6 is 11.6 Å². The fourth-order valence-corrected chi connectivity index (χ4v) is 2.68. The van der Waals surface area contributed by atoms with Gasteiger partial charge in [-0.1, -0.05) is 22.8 Å². The van der Waals surface area contributed by atoms with Crippen LogP contribution in [0, 0.1) is 17.7 Å². The molecule has 2 aromatic rings. The van der Waals surface area contributed by atoms with Crippen LogP contribution < -0.4 is 4.59 Å². The molecule has 123 valence electrons. The molecule has 1 atom stereocenters. The first-order valence-corrected chi connectivity index (χ1v) is 7.29. The standard InChI is InChI=1S/C17H11ClF4N2/c1-24(7-6-15(23-24)17(21)22)16-5-3-11(19)9-12(16)10-2-4-14(20)13(18)8-10/h2-5,7-9,17H,1H3/q+1. The van der Waals surface area contributed by atoms with Gasteiger partial charge in [-0.2, -0.15) is 0 Å². The maximum absolute atomic E-state index is 13.7. The first-order chi connectivity index (χ1) is 11.3. The van der Waals surface area contributed by atoms with Crippen molar-refractivity contribution in [3.8, 4) is 11.1 Å². The Bertz CT molecular complexity index is 864. The minimum atomic E-state index is -2.76. The van der Waals surface area contributed by atoms with Crippen LogP contribution in [0.4, 0.5) is 23.2 Å². The molecule has 0 aliphatic carbocycles. The predicted octanol–water partition coefficient (Wildman–Crippen LogP) is 5.17. The highest BCUT2D eigenvalue weighted by Gasteiger charge is 2.34. The Hall–Kier alpha value is -2.18. The van der Waals surface area contributed by atoms with E-state index in [1.165, 1.54) is 36.5 Å². The van der Waals surface area contributed by atoms with Gasteiger partial charge < -0.3 is 0 Å².